The van der Waals surface area contributed by atoms with Crippen molar-refractivity contribution < 1.29 is 14.0 Å². The topological polar surface area (TPSA) is 58.7 Å². The number of aromatic nitrogens is 1. The molecule has 0 aliphatic carbocycles. The second-order valence-corrected chi connectivity index (χ2v) is 7.09. The van der Waals surface area contributed by atoms with Crippen LogP contribution in [0.15, 0.2) is 28.9 Å². The normalized spacial score (nSPS) is 17.4. The molecule has 3 heterocycles. The van der Waals surface area contributed by atoms with Crippen molar-refractivity contribution in [3.8, 4) is 0 Å². The molecule has 1 saturated heterocycles. The van der Waals surface area contributed by atoms with Gasteiger partial charge in [0.1, 0.15) is 11.5 Å². The van der Waals surface area contributed by atoms with Gasteiger partial charge in [-0.2, -0.15) is 0 Å². The molecule has 140 valence electrons. The lowest BCUT2D eigenvalue weighted by Gasteiger charge is -2.35. The monoisotopic (exact) mass is 357 g/mol. The van der Waals surface area contributed by atoms with Gasteiger partial charge < -0.3 is 18.8 Å². The zero-order valence-electron chi connectivity index (χ0n) is 16.0. The van der Waals surface area contributed by atoms with Crippen LogP contribution in [0.3, 0.4) is 0 Å². The fourth-order valence-corrected chi connectivity index (χ4v) is 3.79. The van der Waals surface area contributed by atoms with Gasteiger partial charge in [-0.15, -0.1) is 0 Å². The van der Waals surface area contributed by atoms with Crippen LogP contribution in [0.2, 0.25) is 0 Å². The molecular formula is C20H27N3O3. The number of carbonyl (C=O) groups excluding carboxylic acids is 2. The van der Waals surface area contributed by atoms with Crippen molar-refractivity contribution in [3.05, 3.63) is 47.2 Å². The Balaban J connectivity index is 1.80. The van der Waals surface area contributed by atoms with Gasteiger partial charge in [0.2, 0.25) is 5.91 Å². The van der Waals surface area contributed by atoms with Gasteiger partial charge in [0.25, 0.3) is 5.91 Å². The third kappa shape index (κ3) is 3.41. The van der Waals surface area contributed by atoms with E-state index in [0.29, 0.717) is 12.2 Å². The molecule has 26 heavy (non-hydrogen) atoms. The van der Waals surface area contributed by atoms with Crippen molar-refractivity contribution in [2.45, 2.75) is 45.7 Å². The predicted molar refractivity (Wildman–Crippen MR) is 98.6 cm³/mol. The molecular weight excluding hydrogens is 330 g/mol. The van der Waals surface area contributed by atoms with Gasteiger partial charge in [-0.25, -0.2) is 0 Å². The Morgan fingerprint density at radius 3 is 2.69 bits per heavy atom. The molecule has 1 atom stereocenters. The number of aryl methyl sites for hydroxylation is 1. The van der Waals surface area contributed by atoms with E-state index in [1.807, 2.05) is 41.6 Å². The standard InChI is InChI=1S/C20H27N3O3/c1-14-16(10-12-26-14)13-21(3)20(25)19-9-8-17(22(19)4)18-7-5-6-11-23(18)15(2)24/h8-10,12,18H,5-7,11,13H2,1-4H3/t18-/m0/s1. The highest BCUT2D eigenvalue weighted by Crippen LogP contribution is 2.32. The molecule has 1 fully saturated rings. The van der Waals surface area contributed by atoms with Gasteiger partial charge >= 0.3 is 0 Å². The molecule has 2 amide bonds. The molecule has 1 aliphatic rings. The maximum Gasteiger partial charge on any atom is 0.270 e. The van der Waals surface area contributed by atoms with E-state index in [9.17, 15) is 9.59 Å². The minimum atomic E-state index is -0.0375. The van der Waals surface area contributed by atoms with E-state index in [-0.39, 0.29) is 17.9 Å². The van der Waals surface area contributed by atoms with Crippen LogP contribution in [0.4, 0.5) is 0 Å². The average Bonchev–Trinajstić information content (AvgIpc) is 3.20. The van der Waals surface area contributed by atoms with Crippen LogP contribution in [0, 0.1) is 6.92 Å². The third-order valence-electron chi connectivity index (χ3n) is 5.35. The van der Waals surface area contributed by atoms with E-state index in [0.717, 1.165) is 42.8 Å². The van der Waals surface area contributed by atoms with Gasteiger partial charge in [-0.05, 0) is 44.4 Å². The quantitative estimate of drug-likeness (QED) is 0.844. The Kier molecular flexibility index (Phi) is 5.20. The first-order valence-corrected chi connectivity index (χ1v) is 9.11. The highest BCUT2D eigenvalue weighted by molar-refractivity contribution is 5.92. The molecule has 6 heteroatoms. The van der Waals surface area contributed by atoms with Crippen molar-refractivity contribution in [1.82, 2.24) is 14.4 Å². The first-order valence-electron chi connectivity index (χ1n) is 9.11. The summed E-state index contributed by atoms with van der Waals surface area (Å²) in [6.07, 6.45) is 4.72. The number of piperidine rings is 1. The second-order valence-electron chi connectivity index (χ2n) is 7.09. The highest BCUT2D eigenvalue weighted by Gasteiger charge is 2.29. The maximum atomic E-state index is 12.9. The highest BCUT2D eigenvalue weighted by atomic mass is 16.3. The third-order valence-corrected chi connectivity index (χ3v) is 5.35. The summed E-state index contributed by atoms with van der Waals surface area (Å²) < 4.78 is 7.25. The second kappa shape index (κ2) is 7.40. The molecule has 0 bridgehead atoms. The van der Waals surface area contributed by atoms with Crippen molar-refractivity contribution in [3.63, 3.8) is 0 Å². The molecule has 2 aromatic heterocycles. The lowest BCUT2D eigenvalue weighted by molar-refractivity contribution is -0.132. The molecule has 3 rings (SSSR count). The van der Waals surface area contributed by atoms with E-state index in [4.69, 9.17) is 4.42 Å². The van der Waals surface area contributed by atoms with E-state index in [1.54, 1.807) is 25.1 Å². The fraction of sp³-hybridized carbons (Fsp3) is 0.500. The van der Waals surface area contributed by atoms with Crippen LogP contribution in [0.5, 0.6) is 0 Å². The van der Waals surface area contributed by atoms with E-state index in [1.165, 1.54) is 0 Å². The summed E-state index contributed by atoms with van der Waals surface area (Å²) in [4.78, 5) is 28.5. The Bertz CT molecular complexity index is 805. The van der Waals surface area contributed by atoms with Gasteiger partial charge in [-0.1, -0.05) is 0 Å². The Morgan fingerprint density at radius 1 is 1.27 bits per heavy atom. The molecule has 2 aromatic rings. The first-order chi connectivity index (χ1) is 12.4. The van der Waals surface area contributed by atoms with E-state index < -0.39 is 0 Å². The minimum absolute atomic E-state index is 0.0375. The minimum Gasteiger partial charge on any atom is -0.469 e. The molecule has 1 aliphatic heterocycles. The number of nitrogens with zero attached hydrogens (tertiary/aromatic N) is 3. The zero-order chi connectivity index (χ0) is 18.8. The number of hydrogen-bond acceptors (Lipinski definition) is 3. The smallest absolute Gasteiger partial charge is 0.270 e. The van der Waals surface area contributed by atoms with Crippen LogP contribution in [-0.4, -0.2) is 39.8 Å². The van der Waals surface area contributed by atoms with E-state index >= 15 is 0 Å². The Morgan fingerprint density at radius 2 is 2.04 bits per heavy atom. The summed E-state index contributed by atoms with van der Waals surface area (Å²) in [6.45, 7) is 4.81. The molecule has 0 aromatic carbocycles. The zero-order valence-corrected chi connectivity index (χ0v) is 16.0. The largest absolute Gasteiger partial charge is 0.469 e. The summed E-state index contributed by atoms with van der Waals surface area (Å²) in [5.74, 6) is 0.886. The van der Waals surface area contributed by atoms with Crippen LogP contribution in [0.1, 0.15) is 59.7 Å². The molecule has 0 saturated carbocycles. The number of furan rings is 1. The Labute approximate surface area is 154 Å². The SMILES string of the molecule is CC(=O)N1CCCC[C@H]1c1ccc(C(=O)N(C)Cc2ccoc2C)n1C. The predicted octanol–water partition coefficient (Wildman–Crippen LogP) is 3.27. The Hall–Kier alpha value is -2.50. The summed E-state index contributed by atoms with van der Waals surface area (Å²) in [6, 6.07) is 5.79. The molecule has 0 unspecified atom stereocenters. The van der Waals surface area contributed by atoms with Crippen molar-refractivity contribution in [1.29, 1.82) is 0 Å². The van der Waals surface area contributed by atoms with Crippen molar-refractivity contribution in [2.24, 2.45) is 7.05 Å². The van der Waals surface area contributed by atoms with Crippen LogP contribution >= 0.6 is 0 Å². The van der Waals surface area contributed by atoms with Gasteiger partial charge in [0.15, 0.2) is 0 Å². The number of carbonyl (C=O) groups is 2. The molecule has 6 nitrogen and oxygen atoms in total. The van der Waals surface area contributed by atoms with Gasteiger partial charge in [0, 0.05) is 45.4 Å². The summed E-state index contributed by atoms with van der Waals surface area (Å²) in [5, 5.41) is 0. The summed E-state index contributed by atoms with van der Waals surface area (Å²) in [5.41, 5.74) is 2.67. The summed E-state index contributed by atoms with van der Waals surface area (Å²) in [7, 11) is 3.70. The van der Waals surface area contributed by atoms with Crippen LogP contribution in [0.25, 0.3) is 0 Å². The van der Waals surface area contributed by atoms with Crippen LogP contribution < -0.4 is 0 Å². The summed E-state index contributed by atoms with van der Waals surface area (Å²) >= 11 is 0. The first kappa shape index (κ1) is 18.3. The lowest BCUT2D eigenvalue weighted by atomic mass is 9.99. The maximum absolute atomic E-state index is 12.9. The number of hydrogen-bond donors (Lipinski definition) is 0. The lowest BCUT2D eigenvalue weighted by Crippen LogP contribution is -2.38. The van der Waals surface area contributed by atoms with E-state index in [2.05, 4.69) is 0 Å². The number of likely N-dealkylation sites (tertiary alicyclic amines) is 1. The molecule has 0 spiro atoms. The molecule has 0 radical (unpaired) electrons. The van der Waals surface area contributed by atoms with Crippen LogP contribution in [-0.2, 0) is 18.4 Å². The number of rotatable bonds is 4. The number of amides is 2. The van der Waals surface area contributed by atoms with Gasteiger partial charge in [0.05, 0.1) is 12.3 Å². The average molecular weight is 357 g/mol. The van der Waals surface area contributed by atoms with Crippen molar-refractivity contribution >= 4 is 11.8 Å². The van der Waals surface area contributed by atoms with Crippen molar-refractivity contribution in [2.75, 3.05) is 13.6 Å². The van der Waals surface area contributed by atoms with Gasteiger partial charge in [-0.3, -0.25) is 9.59 Å². The molecule has 0 N–H and O–H groups in total. The fourth-order valence-electron chi connectivity index (χ4n) is 3.79.